The maximum absolute atomic E-state index is 10.9. The Morgan fingerprint density at radius 3 is 2.78 bits per heavy atom. The molecule has 0 aromatic carbocycles. The van der Waals surface area contributed by atoms with Gasteiger partial charge in [-0.25, -0.2) is 9.78 Å². The SMILES string of the molecule is COCC1CCN(c2nc(Cl)c(C(=O)O)s2)CC1. The quantitative estimate of drug-likeness (QED) is 0.922. The van der Waals surface area contributed by atoms with E-state index < -0.39 is 5.97 Å². The van der Waals surface area contributed by atoms with E-state index in [2.05, 4.69) is 9.88 Å². The molecule has 0 amide bonds. The Balaban J connectivity index is 2.01. The van der Waals surface area contributed by atoms with Gasteiger partial charge in [0.15, 0.2) is 15.2 Å². The van der Waals surface area contributed by atoms with Crippen LogP contribution in [0.25, 0.3) is 0 Å². The minimum Gasteiger partial charge on any atom is -0.477 e. The van der Waals surface area contributed by atoms with Crippen molar-refractivity contribution >= 4 is 34.0 Å². The summed E-state index contributed by atoms with van der Waals surface area (Å²) in [5.74, 6) is -0.432. The van der Waals surface area contributed by atoms with Crippen LogP contribution in [0.1, 0.15) is 22.5 Å². The lowest BCUT2D eigenvalue weighted by Crippen LogP contribution is -2.34. The first-order valence-electron chi connectivity index (χ1n) is 5.75. The molecule has 100 valence electrons. The van der Waals surface area contributed by atoms with Gasteiger partial charge in [0, 0.05) is 26.8 Å². The average Bonchev–Trinajstić information content (AvgIpc) is 2.73. The second kappa shape index (κ2) is 5.86. The van der Waals surface area contributed by atoms with Crippen LogP contribution < -0.4 is 4.90 Å². The molecule has 7 heteroatoms. The minimum atomic E-state index is -1.02. The Morgan fingerprint density at radius 2 is 2.28 bits per heavy atom. The van der Waals surface area contributed by atoms with Crippen molar-refractivity contribution in [1.82, 2.24) is 4.98 Å². The van der Waals surface area contributed by atoms with Crippen molar-refractivity contribution in [3.63, 3.8) is 0 Å². The van der Waals surface area contributed by atoms with Crippen LogP contribution >= 0.6 is 22.9 Å². The summed E-state index contributed by atoms with van der Waals surface area (Å²) in [6.45, 7) is 2.53. The summed E-state index contributed by atoms with van der Waals surface area (Å²) in [6, 6.07) is 0. The average molecular weight is 291 g/mol. The number of piperidine rings is 1. The van der Waals surface area contributed by atoms with E-state index >= 15 is 0 Å². The highest BCUT2D eigenvalue weighted by atomic mass is 35.5. The number of carboxylic acid groups (broad SMARTS) is 1. The number of nitrogens with zero attached hydrogens (tertiary/aromatic N) is 2. The number of hydrogen-bond donors (Lipinski definition) is 1. The number of thiazole rings is 1. The van der Waals surface area contributed by atoms with E-state index in [1.54, 1.807) is 7.11 Å². The standard InChI is InChI=1S/C11H15ClN2O3S/c1-17-6-7-2-4-14(5-3-7)11-13-9(12)8(18-11)10(15)16/h7H,2-6H2,1H3,(H,15,16). The summed E-state index contributed by atoms with van der Waals surface area (Å²) in [5, 5.41) is 9.73. The Bertz CT molecular complexity index is 430. The fourth-order valence-electron chi connectivity index (χ4n) is 2.08. The smallest absolute Gasteiger partial charge is 0.349 e. The fraction of sp³-hybridized carbons (Fsp3) is 0.636. The molecular formula is C11H15ClN2O3S. The molecule has 1 N–H and O–H groups in total. The number of carboxylic acids is 1. The Morgan fingerprint density at radius 1 is 1.61 bits per heavy atom. The number of carbonyl (C=O) groups is 1. The minimum absolute atomic E-state index is 0.0847. The maximum Gasteiger partial charge on any atom is 0.349 e. The van der Waals surface area contributed by atoms with Gasteiger partial charge in [-0.3, -0.25) is 0 Å². The molecule has 1 aliphatic rings. The van der Waals surface area contributed by atoms with Gasteiger partial charge in [0.1, 0.15) is 0 Å². The molecule has 1 aromatic rings. The van der Waals surface area contributed by atoms with Crippen LogP contribution in [0.4, 0.5) is 5.13 Å². The third-order valence-corrected chi connectivity index (χ3v) is 4.55. The van der Waals surface area contributed by atoms with Gasteiger partial charge in [-0.1, -0.05) is 22.9 Å². The summed E-state index contributed by atoms with van der Waals surface area (Å²) >= 11 is 6.95. The zero-order valence-corrected chi connectivity index (χ0v) is 11.6. The van der Waals surface area contributed by atoms with Gasteiger partial charge in [0.05, 0.1) is 0 Å². The van der Waals surface area contributed by atoms with E-state index in [1.807, 2.05) is 0 Å². The van der Waals surface area contributed by atoms with Crippen LogP contribution in [0.3, 0.4) is 0 Å². The van der Waals surface area contributed by atoms with E-state index in [0.29, 0.717) is 11.0 Å². The van der Waals surface area contributed by atoms with Crippen LogP contribution in [0.5, 0.6) is 0 Å². The summed E-state index contributed by atoms with van der Waals surface area (Å²) in [5.41, 5.74) is 0. The van der Waals surface area contributed by atoms with Crippen molar-refractivity contribution in [2.24, 2.45) is 5.92 Å². The van der Waals surface area contributed by atoms with Crippen LogP contribution in [0, 0.1) is 5.92 Å². The first-order valence-corrected chi connectivity index (χ1v) is 6.94. The van der Waals surface area contributed by atoms with Gasteiger partial charge >= 0.3 is 5.97 Å². The Kier molecular flexibility index (Phi) is 4.42. The van der Waals surface area contributed by atoms with Crippen molar-refractivity contribution in [3.8, 4) is 0 Å². The van der Waals surface area contributed by atoms with E-state index in [9.17, 15) is 4.79 Å². The van der Waals surface area contributed by atoms with Crippen LogP contribution in [0.2, 0.25) is 5.15 Å². The molecule has 0 spiro atoms. The molecule has 18 heavy (non-hydrogen) atoms. The van der Waals surface area contributed by atoms with Crippen molar-refractivity contribution in [2.75, 3.05) is 31.7 Å². The highest BCUT2D eigenvalue weighted by Crippen LogP contribution is 2.32. The molecule has 2 heterocycles. The number of halogens is 1. The molecule has 2 rings (SSSR count). The summed E-state index contributed by atoms with van der Waals surface area (Å²) in [7, 11) is 1.71. The highest BCUT2D eigenvalue weighted by Gasteiger charge is 2.24. The third kappa shape index (κ3) is 2.93. The summed E-state index contributed by atoms with van der Waals surface area (Å²) < 4.78 is 5.15. The molecule has 0 unspecified atom stereocenters. The van der Waals surface area contributed by atoms with Gasteiger partial charge < -0.3 is 14.7 Å². The monoisotopic (exact) mass is 290 g/mol. The fourth-order valence-corrected chi connectivity index (χ4v) is 3.26. The number of ether oxygens (including phenoxy) is 1. The predicted octanol–water partition coefficient (Wildman–Crippen LogP) is 2.36. The molecule has 0 aliphatic carbocycles. The van der Waals surface area contributed by atoms with Crippen LogP contribution in [0.15, 0.2) is 0 Å². The Hall–Kier alpha value is -0.850. The zero-order chi connectivity index (χ0) is 13.1. The third-order valence-electron chi connectivity index (χ3n) is 3.06. The van der Waals surface area contributed by atoms with E-state index in [1.165, 1.54) is 0 Å². The second-order valence-electron chi connectivity index (χ2n) is 4.31. The second-order valence-corrected chi connectivity index (χ2v) is 5.64. The van der Waals surface area contributed by atoms with Crippen molar-refractivity contribution in [2.45, 2.75) is 12.8 Å². The van der Waals surface area contributed by atoms with Gasteiger partial charge in [-0.15, -0.1) is 0 Å². The number of aromatic carboxylic acids is 1. The largest absolute Gasteiger partial charge is 0.477 e. The number of aromatic nitrogens is 1. The van der Waals surface area contributed by atoms with E-state index in [0.717, 1.165) is 43.9 Å². The number of methoxy groups -OCH3 is 1. The first-order chi connectivity index (χ1) is 8.61. The summed E-state index contributed by atoms with van der Waals surface area (Å²) in [6.07, 6.45) is 2.07. The van der Waals surface area contributed by atoms with Crippen molar-refractivity contribution in [1.29, 1.82) is 0 Å². The van der Waals surface area contributed by atoms with Crippen molar-refractivity contribution < 1.29 is 14.6 Å². The number of anilines is 1. The van der Waals surface area contributed by atoms with Gasteiger partial charge in [0.25, 0.3) is 0 Å². The Labute approximate surface area is 114 Å². The zero-order valence-electron chi connectivity index (χ0n) is 10.1. The van der Waals surface area contributed by atoms with E-state index in [-0.39, 0.29) is 10.0 Å². The normalized spacial score (nSPS) is 17.1. The number of hydrogen-bond acceptors (Lipinski definition) is 5. The lowest BCUT2D eigenvalue weighted by atomic mass is 9.98. The molecule has 0 saturated carbocycles. The molecule has 1 aliphatic heterocycles. The molecule has 1 saturated heterocycles. The van der Waals surface area contributed by atoms with Crippen LogP contribution in [-0.2, 0) is 4.74 Å². The van der Waals surface area contributed by atoms with Gasteiger partial charge in [-0.2, -0.15) is 0 Å². The molecule has 1 aromatic heterocycles. The maximum atomic E-state index is 10.9. The predicted molar refractivity (Wildman–Crippen MR) is 70.9 cm³/mol. The van der Waals surface area contributed by atoms with Gasteiger partial charge in [0.2, 0.25) is 0 Å². The number of rotatable bonds is 4. The molecule has 5 nitrogen and oxygen atoms in total. The van der Waals surface area contributed by atoms with Crippen molar-refractivity contribution in [3.05, 3.63) is 10.0 Å². The lowest BCUT2D eigenvalue weighted by molar-refractivity contribution is 0.0702. The molecule has 0 bridgehead atoms. The lowest BCUT2D eigenvalue weighted by Gasteiger charge is -2.31. The first kappa shape index (κ1) is 13.6. The topological polar surface area (TPSA) is 62.7 Å². The highest BCUT2D eigenvalue weighted by molar-refractivity contribution is 7.18. The molecule has 0 atom stereocenters. The summed E-state index contributed by atoms with van der Waals surface area (Å²) in [4.78, 5) is 17.2. The molecular weight excluding hydrogens is 276 g/mol. The van der Waals surface area contributed by atoms with E-state index in [4.69, 9.17) is 21.4 Å². The molecule has 1 fully saturated rings. The van der Waals surface area contributed by atoms with Crippen LogP contribution in [-0.4, -0.2) is 42.9 Å². The molecule has 0 radical (unpaired) electrons. The van der Waals surface area contributed by atoms with Gasteiger partial charge in [-0.05, 0) is 18.8 Å².